The molecule has 3 aromatic rings. The van der Waals surface area contributed by atoms with Crippen LogP contribution in [0.4, 0.5) is 4.39 Å². The molecule has 0 aliphatic carbocycles. The van der Waals surface area contributed by atoms with Gasteiger partial charge < -0.3 is 9.55 Å². The zero-order valence-corrected chi connectivity index (χ0v) is 13.7. The molecule has 0 saturated heterocycles. The molecule has 3 rings (SSSR count). The second kappa shape index (κ2) is 6.61. The Kier molecular flexibility index (Phi) is 4.51. The highest BCUT2D eigenvalue weighted by Crippen LogP contribution is 2.10. The van der Waals surface area contributed by atoms with Crippen molar-refractivity contribution in [1.82, 2.24) is 14.3 Å². The number of H-pyrrole nitrogens is 1. The minimum absolute atomic E-state index is 0.0725. The molecule has 130 valence electrons. The fourth-order valence-corrected chi connectivity index (χ4v) is 3.49. The maximum Gasteiger partial charge on any atom is 0.316 e. The third-order valence-electron chi connectivity index (χ3n) is 3.62. The molecular weight excluding hydrogens is 349 g/mol. The third-order valence-corrected chi connectivity index (χ3v) is 5.09. The molecule has 1 heterocycles. The minimum atomic E-state index is -3.72. The molecular formula is C16H14FN3O4S. The number of nitrogens with zero attached hydrogens (tertiary/aromatic N) is 1. The standard InChI is InChI=1S/C16H14FN3O4S/c17-11-6-7-14-13(10-11)19-15(21)16(22)20(14)9-8-18-25(23,24)12-4-2-1-3-5-12/h1-7,10,18H,8-9H2,(H,19,21). The lowest BCUT2D eigenvalue weighted by Crippen LogP contribution is -2.39. The van der Waals surface area contributed by atoms with Crippen molar-refractivity contribution < 1.29 is 12.8 Å². The number of sulfonamides is 1. The van der Waals surface area contributed by atoms with Crippen LogP contribution in [0.15, 0.2) is 63.0 Å². The van der Waals surface area contributed by atoms with E-state index in [-0.39, 0.29) is 23.5 Å². The zero-order valence-electron chi connectivity index (χ0n) is 12.9. The Morgan fingerprint density at radius 3 is 2.52 bits per heavy atom. The van der Waals surface area contributed by atoms with E-state index >= 15 is 0 Å². The summed E-state index contributed by atoms with van der Waals surface area (Å²) in [6, 6.07) is 11.4. The molecule has 7 nitrogen and oxygen atoms in total. The van der Waals surface area contributed by atoms with Crippen LogP contribution in [0.5, 0.6) is 0 Å². The Hall–Kier alpha value is -2.78. The summed E-state index contributed by atoms with van der Waals surface area (Å²) in [5, 5.41) is 0. The van der Waals surface area contributed by atoms with Gasteiger partial charge in [0.05, 0.1) is 15.9 Å². The van der Waals surface area contributed by atoms with Crippen molar-refractivity contribution in [2.45, 2.75) is 11.4 Å². The first kappa shape index (κ1) is 17.1. The van der Waals surface area contributed by atoms with Gasteiger partial charge in [0.25, 0.3) is 0 Å². The molecule has 0 atom stereocenters. The first-order valence-electron chi connectivity index (χ1n) is 7.35. The van der Waals surface area contributed by atoms with Crippen LogP contribution in [-0.4, -0.2) is 24.5 Å². The summed E-state index contributed by atoms with van der Waals surface area (Å²) in [6.45, 7) is -0.177. The monoisotopic (exact) mass is 363 g/mol. The summed E-state index contributed by atoms with van der Waals surface area (Å²) in [6.07, 6.45) is 0. The first-order chi connectivity index (χ1) is 11.9. The van der Waals surface area contributed by atoms with E-state index in [0.29, 0.717) is 5.52 Å². The molecule has 2 N–H and O–H groups in total. The number of rotatable bonds is 5. The quantitative estimate of drug-likeness (QED) is 0.655. The van der Waals surface area contributed by atoms with Crippen molar-refractivity contribution in [1.29, 1.82) is 0 Å². The molecule has 0 unspecified atom stereocenters. The summed E-state index contributed by atoms with van der Waals surface area (Å²) < 4.78 is 41.1. The number of nitrogens with one attached hydrogen (secondary N) is 2. The van der Waals surface area contributed by atoms with E-state index in [1.807, 2.05) is 0 Å². The van der Waals surface area contributed by atoms with Crippen LogP contribution >= 0.6 is 0 Å². The number of hydrogen-bond donors (Lipinski definition) is 2. The smallest absolute Gasteiger partial charge is 0.316 e. The van der Waals surface area contributed by atoms with Gasteiger partial charge >= 0.3 is 11.1 Å². The van der Waals surface area contributed by atoms with Gasteiger partial charge in [0.1, 0.15) is 5.82 Å². The van der Waals surface area contributed by atoms with Crippen molar-refractivity contribution in [2.75, 3.05) is 6.54 Å². The summed E-state index contributed by atoms with van der Waals surface area (Å²) in [7, 11) is -3.72. The molecule has 0 aliphatic heterocycles. The van der Waals surface area contributed by atoms with Gasteiger partial charge in [0.15, 0.2) is 0 Å². The summed E-state index contributed by atoms with van der Waals surface area (Å²) in [5.74, 6) is -0.557. The maximum absolute atomic E-state index is 13.3. The van der Waals surface area contributed by atoms with Crippen LogP contribution in [0.3, 0.4) is 0 Å². The molecule has 0 amide bonds. The normalized spacial score (nSPS) is 11.7. The highest BCUT2D eigenvalue weighted by molar-refractivity contribution is 7.89. The van der Waals surface area contributed by atoms with Gasteiger partial charge in [-0.2, -0.15) is 0 Å². The van der Waals surface area contributed by atoms with Crippen molar-refractivity contribution in [3.05, 3.63) is 75.1 Å². The van der Waals surface area contributed by atoms with Crippen molar-refractivity contribution >= 4 is 21.1 Å². The Bertz CT molecular complexity index is 1140. The lowest BCUT2D eigenvalue weighted by Gasteiger charge is -2.11. The molecule has 0 bridgehead atoms. The maximum atomic E-state index is 13.3. The Labute approximate surface area is 141 Å². The Morgan fingerprint density at radius 1 is 1.08 bits per heavy atom. The van der Waals surface area contributed by atoms with Crippen LogP contribution in [0.25, 0.3) is 11.0 Å². The summed E-state index contributed by atoms with van der Waals surface area (Å²) in [5.41, 5.74) is -1.26. The average Bonchev–Trinajstić information content (AvgIpc) is 2.59. The van der Waals surface area contributed by atoms with Gasteiger partial charge in [0.2, 0.25) is 10.0 Å². The van der Waals surface area contributed by atoms with Gasteiger partial charge in [-0.25, -0.2) is 17.5 Å². The molecule has 0 saturated carbocycles. The van der Waals surface area contributed by atoms with Crippen molar-refractivity contribution in [2.24, 2.45) is 0 Å². The van der Waals surface area contributed by atoms with Crippen LogP contribution < -0.4 is 15.8 Å². The predicted octanol–water partition coefficient (Wildman–Crippen LogP) is 0.807. The minimum Gasteiger partial charge on any atom is -0.316 e. The lowest BCUT2D eigenvalue weighted by molar-refractivity contribution is 0.572. The molecule has 0 spiro atoms. The molecule has 25 heavy (non-hydrogen) atoms. The van der Waals surface area contributed by atoms with Crippen molar-refractivity contribution in [3.8, 4) is 0 Å². The van der Waals surface area contributed by atoms with E-state index in [2.05, 4.69) is 9.71 Å². The van der Waals surface area contributed by atoms with Gasteiger partial charge in [0, 0.05) is 13.1 Å². The molecule has 9 heteroatoms. The van der Waals surface area contributed by atoms with E-state index in [4.69, 9.17) is 0 Å². The number of fused-ring (bicyclic) bond motifs is 1. The lowest BCUT2D eigenvalue weighted by atomic mass is 10.3. The number of benzene rings is 2. The van der Waals surface area contributed by atoms with Crippen molar-refractivity contribution in [3.63, 3.8) is 0 Å². The number of hydrogen-bond acceptors (Lipinski definition) is 4. The molecule has 0 aliphatic rings. The number of halogens is 1. The Morgan fingerprint density at radius 2 is 1.80 bits per heavy atom. The first-order valence-corrected chi connectivity index (χ1v) is 8.84. The van der Waals surface area contributed by atoms with E-state index in [1.54, 1.807) is 18.2 Å². The second-order valence-electron chi connectivity index (χ2n) is 5.28. The largest absolute Gasteiger partial charge is 0.316 e. The Balaban J connectivity index is 1.88. The summed E-state index contributed by atoms with van der Waals surface area (Å²) >= 11 is 0. The zero-order chi connectivity index (χ0) is 18.0. The third kappa shape index (κ3) is 3.52. The number of aromatic amines is 1. The van der Waals surface area contributed by atoms with E-state index in [0.717, 1.165) is 16.7 Å². The van der Waals surface area contributed by atoms with Crippen LogP contribution in [0.2, 0.25) is 0 Å². The van der Waals surface area contributed by atoms with Crippen LogP contribution in [0, 0.1) is 5.82 Å². The predicted molar refractivity (Wildman–Crippen MR) is 90.4 cm³/mol. The molecule has 0 radical (unpaired) electrons. The van der Waals surface area contributed by atoms with Gasteiger partial charge in [-0.1, -0.05) is 18.2 Å². The van der Waals surface area contributed by atoms with Gasteiger partial charge in [-0.05, 0) is 30.3 Å². The number of aromatic nitrogens is 2. The molecule has 0 fully saturated rings. The average molecular weight is 363 g/mol. The fourth-order valence-electron chi connectivity index (χ4n) is 2.45. The highest BCUT2D eigenvalue weighted by Gasteiger charge is 2.14. The second-order valence-corrected chi connectivity index (χ2v) is 7.05. The molecule has 2 aromatic carbocycles. The summed E-state index contributed by atoms with van der Waals surface area (Å²) in [4.78, 5) is 26.1. The molecule has 1 aromatic heterocycles. The van der Waals surface area contributed by atoms with Crippen LogP contribution in [0.1, 0.15) is 0 Å². The van der Waals surface area contributed by atoms with E-state index in [1.165, 1.54) is 18.2 Å². The highest BCUT2D eigenvalue weighted by atomic mass is 32.2. The van der Waals surface area contributed by atoms with E-state index < -0.39 is 27.0 Å². The van der Waals surface area contributed by atoms with Gasteiger partial charge in [-0.15, -0.1) is 0 Å². The fraction of sp³-hybridized carbons (Fsp3) is 0.125. The van der Waals surface area contributed by atoms with Gasteiger partial charge in [-0.3, -0.25) is 9.59 Å². The topological polar surface area (TPSA) is 101 Å². The van der Waals surface area contributed by atoms with Crippen LogP contribution in [-0.2, 0) is 16.6 Å². The SMILES string of the molecule is O=c1[nH]c2cc(F)ccc2n(CCNS(=O)(=O)c2ccccc2)c1=O. The van der Waals surface area contributed by atoms with E-state index in [9.17, 15) is 22.4 Å².